The molecule has 1 saturated carbocycles. The average molecular weight is 342 g/mol. The molecule has 1 aromatic carbocycles. The zero-order valence-corrected chi connectivity index (χ0v) is 13.6. The Kier molecular flexibility index (Phi) is 4.57. The van der Waals surface area contributed by atoms with Gasteiger partial charge in [-0.15, -0.1) is 0 Å². The van der Waals surface area contributed by atoms with E-state index in [0.717, 1.165) is 12.5 Å². The molecule has 0 unspecified atom stereocenters. The van der Waals surface area contributed by atoms with Gasteiger partial charge in [0.15, 0.2) is 0 Å². The van der Waals surface area contributed by atoms with Crippen molar-refractivity contribution in [2.45, 2.75) is 37.2 Å². The van der Waals surface area contributed by atoms with Gasteiger partial charge in [-0.3, -0.25) is 4.79 Å². The summed E-state index contributed by atoms with van der Waals surface area (Å²) in [6, 6.07) is 5.21. The predicted molar refractivity (Wildman–Crippen MR) is 82.4 cm³/mol. The van der Waals surface area contributed by atoms with Gasteiger partial charge in [0.1, 0.15) is 0 Å². The number of fused-ring (bicyclic) bond motifs is 1. The summed E-state index contributed by atoms with van der Waals surface area (Å²) in [7, 11) is 3.83. The Morgan fingerprint density at radius 3 is 2.71 bits per heavy atom. The van der Waals surface area contributed by atoms with Crippen LogP contribution in [0, 0.1) is 5.92 Å². The van der Waals surface area contributed by atoms with E-state index in [2.05, 4.69) is 5.32 Å². The van der Waals surface area contributed by atoms with Crippen LogP contribution in [0.2, 0.25) is 0 Å². The lowest BCUT2D eigenvalue weighted by Crippen LogP contribution is -2.69. The van der Waals surface area contributed by atoms with Crippen LogP contribution in [0.25, 0.3) is 0 Å². The Morgan fingerprint density at radius 1 is 1.33 bits per heavy atom. The second-order valence-corrected chi connectivity index (χ2v) is 6.67. The van der Waals surface area contributed by atoms with Crippen LogP contribution in [-0.2, 0) is 22.1 Å². The number of carbonyl (C=O) groups is 1. The molecule has 132 valence electrons. The van der Waals surface area contributed by atoms with E-state index in [4.69, 9.17) is 4.74 Å². The quantitative estimate of drug-likeness (QED) is 0.911. The number of hydrogen-bond acceptors (Lipinski definition) is 3. The smallest absolute Gasteiger partial charge is 0.376 e. The van der Waals surface area contributed by atoms with Crippen molar-refractivity contribution < 1.29 is 22.7 Å². The molecule has 0 spiro atoms. The number of rotatable bonds is 4. The van der Waals surface area contributed by atoms with Crippen LogP contribution in [-0.4, -0.2) is 49.7 Å². The lowest BCUT2D eigenvalue weighted by molar-refractivity contribution is -0.138. The van der Waals surface area contributed by atoms with E-state index in [0.29, 0.717) is 6.61 Å². The molecular weight excluding hydrogens is 321 g/mol. The fourth-order valence-corrected chi connectivity index (χ4v) is 3.84. The van der Waals surface area contributed by atoms with Crippen molar-refractivity contribution in [3.05, 3.63) is 35.4 Å². The van der Waals surface area contributed by atoms with E-state index in [1.165, 1.54) is 18.2 Å². The molecule has 1 heterocycles. The van der Waals surface area contributed by atoms with Crippen molar-refractivity contribution in [3.8, 4) is 0 Å². The van der Waals surface area contributed by atoms with E-state index >= 15 is 0 Å². The highest BCUT2D eigenvalue weighted by molar-refractivity contribution is 5.79. The van der Waals surface area contributed by atoms with Gasteiger partial charge in [0.05, 0.1) is 30.2 Å². The summed E-state index contributed by atoms with van der Waals surface area (Å²) in [4.78, 5) is 14.3. The molecule has 4 atom stereocenters. The lowest BCUT2D eigenvalue weighted by atomic mass is 9.71. The highest BCUT2D eigenvalue weighted by Gasteiger charge is 2.55. The number of alkyl halides is 3. The number of nitrogens with one attached hydrogen (secondary N) is 1. The second-order valence-electron chi connectivity index (χ2n) is 6.67. The average Bonchev–Trinajstić information content (AvgIpc) is 2.87. The first-order valence-corrected chi connectivity index (χ1v) is 8.01. The third kappa shape index (κ3) is 3.15. The molecule has 1 amide bonds. The Hall–Kier alpha value is -1.60. The fourth-order valence-electron chi connectivity index (χ4n) is 3.84. The zero-order valence-electron chi connectivity index (χ0n) is 13.6. The Balaban J connectivity index is 1.68. The number of nitrogens with zero attached hydrogens (tertiary/aromatic N) is 1. The van der Waals surface area contributed by atoms with Gasteiger partial charge < -0.3 is 15.0 Å². The SMILES string of the molecule is CN(C)[C@@H]1[C@@H](NC(=O)Cc2ccccc2C(F)(F)F)[C@H]2CCO[C@H]21. The summed E-state index contributed by atoms with van der Waals surface area (Å²) in [5.74, 6) is -0.131. The molecule has 1 aliphatic heterocycles. The topological polar surface area (TPSA) is 41.6 Å². The van der Waals surface area contributed by atoms with Crippen molar-refractivity contribution in [3.63, 3.8) is 0 Å². The Morgan fingerprint density at radius 2 is 2.04 bits per heavy atom. The highest BCUT2D eigenvalue weighted by atomic mass is 19.4. The summed E-state index contributed by atoms with van der Waals surface area (Å²) in [5, 5.41) is 2.92. The second kappa shape index (κ2) is 6.37. The number of carbonyl (C=O) groups excluding carboxylic acids is 1. The zero-order chi connectivity index (χ0) is 17.5. The van der Waals surface area contributed by atoms with Crippen molar-refractivity contribution in [1.29, 1.82) is 0 Å². The molecule has 0 radical (unpaired) electrons. The molecule has 4 nitrogen and oxygen atoms in total. The first-order valence-electron chi connectivity index (χ1n) is 8.01. The summed E-state index contributed by atoms with van der Waals surface area (Å²) >= 11 is 0. The van der Waals surface area contributed by atoms with E-state index in [-0.39, 0.29) is 42.0 Å². The van der Waals surface area contributed by atoms with Crippen LogP contribution in [0.15, 0.2) is 24.3 Å². The van der Waals surface area contributed by atoms with Crippen molar-refractivity contribution >= 4 is 5.91 Å². The molecule has 0 aromatic heterocycles. The Bertz CT molecular complexity index is 618. The normalized spacial score (nSPS) is 29.2. The van der Waals surface area contributed by atoms with Crippen LogP contribution in [0.3, 0.4) is 0 Å². The van der Waals surface area contributed by atoms with Crippen LogP contribution in [0.1, 0.15) is 17.5 Å². The maximum absolute atomic E-state index is 13.0. The summed E-state index contributed by atoms with van der Waals surface area (Å²) in [6.45, 7) is 0.670. The van der Waals surface area contributed by atoms with Gasteiger partial charge in [0, 0.05) is 12.5 Å². The maximum atomic E-state index is 13.0. The van der Waals surface area contributed by atoms with E-state index < -0.39 is 11.7 Å². The van der Waals surface area contributed by atoms with Crippen molar-refractivity contribution in [2.24, 2.45) is 5.92 Å². The first-order chi connectivity index (χ1) is 11.3. The molecule has 1 aromatic rings. The number of halogens is 3. The highest BCUT2D eigenvalue weighted by Crippen LogP contribution is 2.41. The Labute approximate surface area is 139 Å². The predicted octanol–water partition coefficient (Wildman–Crippen LogP) is 2.08. The van der Waals surface area contributed by atoms with Gasteiger partial charge in [-0.2, -0.15) is 13.2 Å². The minimum Gasteiger partial charge on any atom is -0.376 e. The van der Waals surface area contributed by atoms with E-state index in [1.807, 2.05) is 19.0 Å². The van der Waals surface area contributed by atoms with Crippen LogP contribution in [0.4, 0.5) is 13.2 Å². The van der Waals surface area contributed by atoms with Gasteiger partial charge in [0.25, 0.3) is 0 Å². The molecule has 1 aliphatic carbocycles. The molecule has 2 aliphatic rings. The van der Waals surface area contributed by atoms with Crippen LogP contribution >= 0.6 is 0 Å². The van der Waals surface area contributed by atoms with E-state index in [9.17, 15) is 18.0 Å². The van der Waals surface area contributed by atoms with Gasteiger partial charge >= 0.3 is 6.18 Å². The molecule has 1 N–H and O–H groups in total. The summed E-state index contributed by atoms with van der Waals surface area (Å²) in [6.07, 6.45) is -3.75. The largest absolute Gasteiger partial charge is 0.416 e. The monoisotopic (exact) mass is 342 g/mol. The van der Waals surface area contributed by atoms with Crippen LogP contribution in [0.5, 0.6) is 0 Å². The van der Waals surface area contributed by atoms with Gasteiger partial charge in [0.2, 0.25) is 5.91 Å². The minimum absolute atomic E-state index is 0.00227. The molecule has 1 saturated heterocycles. The number of benzene rings is 1. The minimum atomic E-state index is -4.45. The molecule has 7 heteroatoms. The van der Waals surface area contributed by atoms with Gasteiger partial charge in [-0.1, -0.05) is 18.2 Å². The standard InChI is InChI=1S/C17H21F3N2O2/c1-22(2)15-14(11-7-8-24-16(11)15)21-13(23)9-10-5-3-4-6-12(10)17(18,19)20/h3-6,11,14-16H,7-9H2,1-2H3,(H,21,23)/t11-,14+,15-,16-/m1/s1. The molecule has 2 fully saturated rings. The fraction of sp³-hybridized carbons (Fsp3) is 0.588. The van der Waals surface area contributed by atoms with Crippen LogP contribution < -0.4 is 5.32 Å². The third-order valence-corrected chi connectivity index (χ3v) is 4.95. The molecule has 0 bridgehead atoms. The summed E-state index contributed by atoms with van der Waals surface area (Å²) in [5.41, 5.74) is -0.748. The number of hydrogen-bond donors (Lipinski definition) is 1. The van der Waals surface area contributed by atoms with Crippen molar-refractivity contribution in [1.82, 2.24) is 10.2 Å². The third-order valence-electron chi connectivity index (χ3n) is 4.95. The molecule has 24 heavy (non-hydrogen) atoms. The number of amides is 1. The first kappa shape index (κ1) is 17.2. The molecule has 3 rings (SSSR count). The van der Waals surface area contributed by atoms with Gasteiger partial charge in [-0.05, 0) is 32.1 Å². The number of likely N-dealkylation sites (N-methyl/N-ethyl adjacent to an activating group) is 1. The lowest BCUT2D eigenvalue weighted by Gasteiger charge is -2.50. The van der Waals surface area contributed by atoms with E-state index in [1.54, 1.807) is 0 Å². The molecular formula is C17H21F3N2O2. The van der Waals surface area contributed by atoms with Crippen molar-refractivity contribution in [2.75, 3.05) is 20.7 Å². The number of ether oxygens (including phenoxy) is 1. The summed E-state index contributed by atoms with van der Waals surface area (Å²) < 4.78 is 44.8. The van der Waals surface area contributed by atoms with Gasteiger partial charge in [-0.25, -0.2) is 0 Å². The maximum Gasteiger partial charge on any atom is 0.416 e.